The average Bonchev–Trinajstić information content (AvgIpc) is 2.82. The standard InChI is InChI=1S/C13H11BrN2O5/c1-2-3-10-11(13(17)18)21-12(15-10)7-4-8(14)6-9(5-7)16(19)20/h4-6H,2-3H2,1H3,(H,17,18). The molecule has 21 heavy (non-hydrogen) atoms. The molecular weight excluding hydrogens is 344 g/mol. The number of nitro benzene ring substituents is 1. The minimum Gasteiger partial charge on any atom is -0.475 e. The van der Waals surface area contributed by atoms with E-state index in [1.807, 2.05) is 6.92 Å². The van der Waals surface area contributed by atoms with Crippen LogP contribution >= 0.6 is 15.9 Å². The predicted octanol–water partition coefficient (Wildman–Crippen LogP) is 3.66. The number of non-ortho nitro benzene ring substituents is 1. The van der Waals surface area contributed by atoms with Crippen molar-refractivity contribution in [3.63, 3.8) is 0 Å². The Kier molecular flexibility index (Phi) is 4.37. The summed E-state index contributed by atoms with van der Waals surface area (Å²) in [5, 5.41) is 20.0. The Morgan fingerprint density at radius 1 is 1.48 bits per heavy atom. The van der Waals surface area contributed by atoms with Crippen molar-refractivity contribution in [1.82, 2.24) is 4.98 Å². The van der Waals surface area contributed by atoms with Gasteiger partial charge in [0.25, 0.3) is 5.69 Å². The van der Waals surface area contributed by atoms with Crippen LogP contribution in [0.1, 0.15) is 29.6 Å². The highest BCUT2D eigenvalue weighted by atomic mass is 79.9. The number of carboxylic acid groups (broad SMARTS) is 1. The summed E-state index contributed by atoms with van der Waals surface area (Å²) in [6, 6.07) is 4.22. The first-order valence-electron chi connectivity index (χ1n) is 6.10. The summed E-state index contributed by atoms with van der Waals surface area (Å²) in [5.74, 6) is -1.38. The summed E-state index contributed by atoms with van der Waals surface area (Å²) in [6.45, 7) is 1.89. The lowest BCUT2D eigenvalue weighted by Crippen LogP contribution is -1.99. The summed E-state index contributed by atoms with van der Waals surface area (Å²) in [5.41, 5.74) is 0.551. The van der Waals surface area contributed by atoms with Crippen molar-refractivity contribution < 1.29 is 19.2 Å². The number of hydrogen-bond acceptors (Lipinski definition) is 5. The Morgan fingerprint density at radius 2 is 2.19 bits per heavy atom. The second-order valence-electron chi connectivity index (χ2n) is 4.31. The van der Waals surface area contributed by atoms with Crippen molar-refractivity contribution in [2.45, 2.75) is 19.8 Å². The first kappa shape index (κ1) is 15.2. The van der Waals surface area contributed by atoms with Gasteiger partial charge in [-0.2, -0.15) is 0 Å². The van der Waals surface area contributed by atoms with Gasteiger partial charge in [0.15, 0.2) is 0 Å². The van der Waals surface area contributed by atoms with Crippen LogP contribution in [0.2, 0.25) is 0 Å². The van der Waals surface area contributed by atoms with Crippen molar-refractivity contribution >= 4 is 27.6 Å². The highest BCUT2D eigenvalue weighted by Gasteiger charge is 2.21. The molecule has 0 amide bonds. The highest BCUT2D eigenvalue weighted by Crippen LogP contribution is 2.29. The van der Waals surface area contributed by atoms with E-state index in [1.54, 1.807) is 6.07 Å². The van der Waals surface area contributed by atoms with Crippen LogP contribution in [-0.2, 0) is 6.42 Å². The van der Waals surface area contributed by atoms with Gasteiger partial charge in [0.2, 0.25) is 11.7 Å². The van der Waals surface area contributed by atoms with Crippen LogP contribution < -0.4 is 0 Å². The molecule has 0 aliphatic rings. The smallest absolute Gasteiger partial charge is 0.373 e. The van der Waals surface area contributed by atoms with Crippen LogP contribution in [0, 0.1) is 10.1 Å². The number of carbonyl (C=O) groups is 1. The van der Waals surface area contributed by atoms with E-state index in [0.29, 0.717) is 28.6 Å². The lowest BCUT2D eigenvalue weighted by Gasteiger charge is -1.98. The van der Waals surface area contributed by atoms with Gasteiger partial charge in [0.05, 0.1) is 10.6 Å². The Bertz CT molecular complexity index is 711. The highest BCUT2D eigenvalue weighted by molar-refractivity contribution is 9.10. The Balaban J connectivity index is 2.54. The van der Waals surface area contributed by atoms with E-state index in [9.17, 15) is 14.9 Å². The fourth-order valence-electron chi connectivity index (χ4n) is 1.85. The van der Waals surface area contributed by atoms with Gasteiger partial charge in [-0.15, -0.1) is 0 Å². The van der Waals surface area contributed by atoms with E-state index in [1.165, 1.54) is 12.1 Å². The molecule has 0 bridgehead atoms. The van der Waals surface area contributed by atoms with Gasteiger partial charge in [0.1, 0.15) is 0 Å². The number of aromatic carboxylic acids is 1. The Labute approximate surface area is 127 Å². The van der Waals surface area contributed by atoms with Crippen LogP contribution in [0.5, 0.6) is 0 Å². The van der Waals surface area contributed by atoms with Gasteiger partial charge in [0, 0.05) is 22.2 Å². The third-order valence-corrected chi connectivity index (χ3v) is 3.18. The average molecular weight is 355 g/mol. The van der Waals surface area contributed by atoms with E-state index in [4.69, 9.17) is 9.52 Å². The monoisotopic (exact) mass is 354 g/mol. The lowest BCUT2D eigenvalue weighted by atomic mass is 10.2. The molecule has 110 valence electrons. The molecule has 1 aromatic heterocycles. The van der Waals surface area contributed by atoms with Crippen LogP contribution in [0.25, 0.3) is 11.5 Å². The summed E-state index contributed by atoms with van der Waals surface area (Å²) in [7, 11) is 0. The SMILES string of the molecule is CCCc1nc(-c2cc(Br)cc([N+](=O)[O-])c2)oc1C(=O)O. The summed E-state index contributed by atoms with van der Waals surface area (Å²) in [4.78, 5) is 25.6. The summed E-state index contributed by atoms with van der Waals surface area (Å²) in [6.07, 6.45) is 1.17. The zero-order valence-corrected chi connectivity index (χ0v) is 12.6. The molecule has 2 rings (SSSR count). The van der Waals surface area contributed by atoms with Crippen molar-refractivity contribution in [1.29, 1.82) is 0 Å². The molecule has 0 atom stereocenters. The molecule has 2 aromatic rings. The molecule has 1 heterocycles. The number of benzene rings is 1. The molecule has 1 aromatic carbocycles. The molecule has 0 unspecified atom stereocenters. The lowest BCUT2D eigenvalue weighted by molar-refractivity contribution is -0.384. The molecular formula is C13H11BrN2O5. The molecule has 0 saturated carbocycles. The maximum atomic E-state index is 11.1. The van der Waals surface area contributed by atoms with Crippen molar-refractivity contribution in [3.05, 3.63) is 44.2 Å². The van der Waals surface area contributed by atoms with E-state index < -0.39 is 10.9 Å². The molecule has 7 nitrogen and oxygen atoms in total. The van der Waals surface area contributed by atoms with E-state index in [2.05, 4.69) is 20.9 Å². The number of hydrogen-bond donors (Lipinski definition) is 1. The number of nitro groups is 1. The summed E-state index contributed by atoms with van der Waals surface area (Å²) >= 11 is 3.17. The fraction of sp³-hybridized carbons (Fsp3) is 0.231. The van der Waals surface area contributed by atoms with Gasteiger partial charge in [-0.3, -0.25) is 10.1 Å². The number of rotatable bonds is 5. The summed E-state index contributed by atoms with van der Waals surface area (Å²) < 4.78 is 5.74. The minimum absolute atomic E-state index is 0.0558. The van der Waals surface area contributed by atoms with Crippen LogP contribution in [0.3, 0.4) is 0 Å². The number of aromatic nitrogens is 1. The molecule has 0 aliphatic heterocycles. The molecule has 1 N–H and O–H groups in total. The van der Waals surface area contributed by atoms with Crippen LogP contribution in [0.4, 0.5) is 5.69 Å². The van der Waals surface area contributed by atoms with Crippen molar-refractivity contribution in [2.24, 2.45) is 0 Å². The third kappa shape index (κ3) is 3.27. The largest absolute Gasteiger partial charge is 0.475 e. The van der Waals surface area contributed by atoms with Gasteiger partial charge in [-0.1, -0.05) is 29.3 Å². The Hall–Kier alpha value is -2.22. The normalized spacial score (nSPS) is 10.6. The topological polar surface area (TPSA) is 106 Å². The molecule has 0 aliphatic carbocycles. The van der Waals surface area contributed by atoms with Gasteiger partial charge >= 0.3 is 5.97 Å². The van der Waals surface area contributed by atoms with Crippen molar-refractivity contribution in [2.75, 3.05) is 0 Å². The van der Waals surface area contributed by atoms with E-state index in [-0.39, 0.29) is 17.3 Å². The Morgan fingerprint density at radius 3 is 2.76 bits per heavy atom. The number of oxazole rings is 1. The quantitative estimate of drug-likeness (QED) is 0.648. The van der Waals surface area contributed by atoms with Gasteiger partial charge < -0.3 is 9.52 Å². The second-order valence-corrected chi connectivity index (χ2v) is 5.22. The maximum Gasteiger partial charge on any atom is 0.373 e. The number of halogens is 1. The van der Waals surface area contributed by atoms with E-state index in [0.717, 1.165) is 0 Å². The third-order valence-electron chi connectivity index (χ3n) is 2.72. The van der Waals surface area contributed by atoms with Gasteiger partial charge in [-0.25, -0.2) is 9.78 Å². The first-order valence-corrected chi connectivity index (χ1v) is 6.90. The number of aryl methyl sites for hydroxylation is 1. The van der Waals surface area contributed by atoms with Crippen LogP contribution in [-0.4, -0.2) is 21.0 Å². The molecule has 0 spiro atoms. The molecule has 0 radical (unpaired) electrons. The fourth-order valence-corrected chi connectivity index (χ4v) is 2.33. The molecule has 0 fully saturated rings. The van der Waals surface area contributed by atoms with Crippen molar-refractivity contribution in [3.8, 4) is 11.5 Å². The molecule has 8 heteroatoms. The zero-order valence-electron chi connectivity index (χ0n) is 11.0. The number of nitrogens with zero attached hydrogens (tertiary/aromatic N) is 2. The molecule has 0 saturated heterocycles. The first-order chi connectivity index (χ1) is 9.92. The maximum absolute atomic E-state index is 11.1. The van der Waals surface area contributed by atoms with Crippen LogP contribution in [0.15, 0.2) is 27.1 Å². The van der Waals surface area contributed by atoms with E-state index >= 15 is 0 Å². The van der Waals surface area contributed by atoms with Gasteiger partial charge in [-0.05, 0) is 12.5 Å². The number of carboxylic acids is 1. The zero-order chi connectivity index (χ0) is 15.6. The minimum atomic E-state index is -1.21. The predicted molar refractivity (Wildman–Crippen MR) is 77.2 cm³/mol. The second kappa shape index (κ2) is 6.04.